The standard InChI is InChI=1S/C75H90N10O6/c1-73(2)58(37-64(73)76)68(87)79-56-35-62(84(44-56)41-47-24-30-53(31-25-47)50-18-12-8-13-19-50)71(90)82-66-39-60(75(66,5)6)70(89)80-57-36-63(85(45-57)42-48-26-32-54(33-27-48)51-20-14-9-15-21-51)72(91)81-65-38-59(74(65,3)4)69(88)78-55-34-61(67(77)86)83(43-55)40-46-22-28-52(29-23-46)49-16-10-7-11-17-49/h7-33,55-66H,34-45,76H2,1-6H3,(H2,77,86)(H,78,88)(H,79,87)(H,80,89)(H,81,91)(H,82,90)/t55-,56-,57-,58+,59+,60+,61-,62-,63-,64+,65?,66+/m0/s1. The van der Waals surface area contributed by atoms with E-state index in [1.54, 1.807) is 0 Å². The molecule has 12 atom stereocenters. The second kappa shape index (κ2) is 25.9. The van der Waals surface area contributed by atoms with E-state index in [1.807, 2.05) is 96.1 Å². The molecule has 91 heavy (non-hydrogen) atoms. The Morgan fingerprint density at radius 1 is 0.363 bits per heavy atom. The summed E-state index contributed by atoms with van der Waals surface area (Å²) in [6.45, 7) is 15.2. The predicted molar refractivity (Wildman–Crippen MR) is 355 cm³/mol. The molecule has 6 fully saturated rings. The molecule has 6 aromatic rings. The third-order valence-corrected chi connectivity index (χ3v) is 22.0. The first kappa shape index (κ1) is 63.1. The van der Waals surface area contributed by atoms with Gasteiger partial charge in [0, 0.05) is 93.3 Å². The van der Waals surface area contributed by atoms with Crippen LogP contribution in [-0.2, 0) is 48.4 Å². The van der Waals surface area contributed by atoms with Gasteiger partial charge in [0.25, 0.3) is 0 Å². The van der Waals surface area contributed by atoms with Crippen LogP contribution in [0, 0.1) is 34.0 Å². The molecule has 0 radical (unpaired) electrons. The van der Waals surface area contributed by atoms with Crippen LogP contribution in [0.5, 0.6) is 0 Å². The van der Waals surface area contributed by atoms with Gasteiger partial charge in [-0.05, 0) is 105 Å². The molecule has 3 aliphatic heterocycles. The lowest BCUT2D eigenvalue weighted by Gasteiger charge is -2.51. The zero-order chi connectivity index (χ0) is 63.9. The van der Waals surface area contributed by atoms with Crippen molar-refractivity contribution in [1.29, 1.82) is 0 Å². The van der Waals surface area contributed by atoms with E-state index in [0.29, 0.717) is 77.8 Å². The average molecular weight is 1230 g/mol. The van der Waals surface area contributed by atoms with Gasteiger partial charge in [0.2, 0.25) is 35.4 Å². The van der Waals surface area contributed by atoms with E-state index >= 15 is 0 Å². The maximum absolute atomic E-state index is 14.8. The average Bonchev–Trinajstić information content (AvgIpc) is 1.24. The summed E-state index contributed by atoms with van der Waals surface area (Å²) in [6, 6.07) is 52.8. The Morgan fingerprint density at radius 3 is 0.934 bits per heavy atom. The molecule has 3 heterocycles. The number of rotatable bonds is 20. The minimum absolute atomic E-state index is 0.0144. The Balaban J connectivity index is 0.674. The summed E-state index contributed by atoms with van der Waals surface area (Å²) in [7, 11) is 0. The van der Waals surface area contributed by atoms with Gasteiger partial charge in [0.15, 0.2) is 0 Å². The molecule has 6 amide bonds. The second-order valence-electron chi connectivity index (χ2n) is 28.8. The lowest BCUT2D eigenvalue weighted by Crippen LogP contribution is -2.64. The van der Waals surface area contributed by atoms with Crippen molar-refractivity contribution in [3.8, 4) is 33.4 Å². The third-order valence-electron chi connectivity index (χ3n) is 22.0. The number of nitrogens with one attached hydrogen (secondary N) is 5. The van der Waals surface area contributed by atoms with Crippen molar-refractivity contribution in [3.05, 3.63) is 180 Å². The minimum atomic E-state index is -0.580. The fourth-order valence-corrected chi connectivity index (χ4v) is 15.5. The molecule has 476 valence electrons. The van der Waals surface area contributed by atoms with E-state index in [9.17, 15) is 28.8 Å². The molecule has 0 spiro atoms. The summed E-state index contributed by atoms with van der Waals surface area (Å²) >= 11 is 0. The van der Waals surface area contributed by atoms with E-state index in [-0.39, 0.29) is 89.0 Å². The van der Waals surface area contributed by atoms with Crippen molar-refractivity contribution in [2.45, 2.75) is 154 Å². The van der Waals surface area contributed by atoms with Crippen LogP contribution in [0.4, 0.5) is 0 Å². The number of benzene rings is 6. The number of hydrogen-bond acceptors (Lipinski definition) is 10. The van der Waals surface area contributed by atoms with Crippen molar-refractivity contribution in [2.24, 2.45) is 45.5 Å². The number of carbonyl (C=O) groups excluding carboxylic acids is 6. The van der Waals surface area contributed by atoms with E-state index in [0.717, 1.165) is 50.1 Å². The summed E-state index contributed by atoms with van der Waals surface area (Å²) in [5.41, 5.74) is 20.7. The monoisotopic (exact) mass is 1230 g/mol. The molecule has 1 unspecified atom stereocenters. The van der Waals surface area contributed by atoms with Crippen molar-refractivity contribution < 1.29 is 28.8 Å². The molecule has 3 saturated carbocycles. The number of primary amides is 1. The highest BCUT2D eigenvalue weighted by molar-refractivity contribution is 5.87. The Morgan fingerprint density at radius 2 is 0.648 bits per heavy atom. The molecule has 12 rings (SSSR count). The highest BCUT2D eigenvalue weighted by Gasteiger charge is 2.56. The zero-order valence-electron chi connectivity index (χ0n) is 53.4. The lowest BCUT2D eigenvalue weighted by atomic mass is 9.58. The third kappa shape index (κ3) is 13.4. The molecule has 0 aromatic heterocycles. The fraction of sp³-hybridized carbons (Fsp3) is 0.440. The number of nitrogens with zero attached hydrogens (tertiary/aromatic N) is 3. The molecule has 3 aliphatic carbocycles. The van der Waals surface area contributed by atoms with Gasteiger partial charge in [-0.3, -0.25) is 43.5 Å². The summed E-state index contributed by atoms with van der Waals surface area (Å²) in [5.74, 6) is -1.83. The molecule has 16 nitrogen and oxygen atoms in total. The summed E-state index contributed by atoms with van der Waals surface area (Å²) < 4.78 is 0. The largest absolute Gasteiger partial charge is 0.368 e. The van der Waals surface area contributed by atoms with Crippen LogP contribution in [0.2, 0.25) is 0 Å². The van der Waals surface area contributed by atoms with Crippen LogP contribution in [0.3, 0.4) is 0 Å². The number of likely N-dealkylation sites (tertiary alicyclic amines) is 3. The highest BCUT2D eigenvalue weighted by Crippen LogP contribution is 2.49. The second-order valence-corrected chi connectivity index (χ2v) is 28.8. The van der Waals surface area contributed by atoms with Crippen LogP contribution in [0.25, 0.3) is 33.4 Å². The number of carbonyl (C=O) groups is 6. The van der Waals surface area contributed by atoms with Crippen molar-refractivity contribution in [3.63, 3.8) is 0 Å². The summed E-state index contributed by atoms with van der Waals surface area (Å²) in [6.07, 6.45) is 2.84. The van der Waals surface area contributed by atoms with E-state index in [1.165, 1.54) is 0 Å². The van der Waals surface area contributed by atoms with E-state index in [2.05, 4.69) is 150 Å². The van der Waals surface area contributed by atoms with Crippen molar-refractivity contribution in [2.75, 3.05) is 19.6 Å². The topological polar surface area (TPSA) is 224 Å². The van der Waals surface area contributed by atoms with Crippen molar-refractivity contribution in [1.82, 2.24) is 41.3 Å². The SMILES string of the molecule is CC1(C)C(NC(=O)[C@@H]2C[C@H](NC(=O)[C@H]3C[C@@H](NC(=O)[C@@H]4C[C@H](NC(=O)[C@H]5C[C@@H](N)C5(C)C)CN4Cc4ccc(-c5ccccc5)cc4)C3(C)C)CN2Cc2ccc(-c3ccccc3)cc2)C[C@@H]1C(=O)N[C@H]1C[C@@H](C(N)=O)N(Cc2ccc(-c3ccccc3)cc2)C1. The van der Waals surface area contributed by atoms with Gasteiger partial charge in [0.05, 0.1) is 18.1 Å². The fourth-order valence-electron chi connectivity index (χ4n) is 15.5. The van der Waals surface area contributed by atoms with Crippen LogP contribution >= 0.6 is 0 Å². The van der Waals surface area contributed by atoms with Gasteiger partial charge in [0.1, 0.15) is 0 Å². The quantitative estimate of drug-likeness (QED) is 0.0388. The molecule has 6 aromatic carbocycles. The summed E-state index contributed by atoms with van der Waals surface area (Å²) in [4.78, 5) is 90.9. The van der Waals surface area contributed by atoms with Crippen LogP contribution in [0.15, 0.2) is 164 Å². The van der Waals surface area contributed by atoms with E-state index < -0.39 is 34.9 Å². The van der Waals surface area contributed by atoms with Crippen LogP contribution < -0.4 is 38.1 Å². The van der Waals surface area contributed by atoms with Gasteiger partial charge in [-0.15, -0.1) is 0 Å². The normalized spacial score (nSPS) is 28.1. The first-order valence-electron chi connectivity index (χ1n) is 32.8. The number of hydrogen-bond donors (Lipinski definition) is 7. The Hall–Kier alpha value is -8.02. The van der Waals surface area contributed by atoms with Gasteiger partial charge in [-0.1, -0.05) is 205 Å². The highest BCUT2D eigenvalue weighted by atomic mass is 16.2. The van der Waals surface area contributed by atoms with Gasteiger partial charge >= 0.3 is 0 Å². The Bertz CT molecular complexity index is 3600. The lowest BCUT2D eigenvalue weighted by molar-refractivity contribution is -0.142. The number of nitrogens with two attached hydrogens (primary N) is 2. The first-order chi connectivity index (χ1) is 43.6. The van der Waals surface area contributed by atoms with Gasteiger partial charge < -0.3 is 38.1 Å². The molecule has 9 N–H and O–H groups in total. The summed E-state index contributed by atoms with van der Waals surface area (Å²) in [5, 5.41) is 16.7. The maximum Gasteiger partial charge on any atom is 0.237 e. The number of amides is 6. The molecule has 3 saturated heterocycles. The van der Waals surface area contributed by atoms with Crippen molar-refractivity contribution >= 4 is 35.4 Å². The van der Waals surface area contributed by atoms with Gasteiger partial charge in [-0.2, -0.15) is 0 Å². The predicted octanol–water partition coefficient (Wildman–Crippen LogP) is 8.19. The Kier molecular flexibility index (Phi) is 18.0. The molecule has 6 aliphatic rings. The molecular weight excluding hydrogens is 1140 g/mol. The first-order valence-corrected chi connectivity index (χ1v) is 32.8. The molecular formula is C75H90N10O6. The minimum Gasteiger partial charge on any atom is -0.368 e. The van der Waals surface area contributed by atoms with Gasteiger partial charge in [-0.25, -0.2) is 0 Å². The maximum atomic E-state index is 14.8. The smallest absolute Gasteiger partial charge is 0.237 e. The van der Waals surface area contributed by atoms with Crippen LogP contribution in [-0.4, -0.2) is 124 Å². The van der Waals surface area contributed by atoms with Crippen LogP contribution in [0.1, 0.15) is 96.8 Å². The molecule has 0 bridgehead atoms. The van der Waals surface area contributed by atoms with E-state index in [4.69, 9.17) is 11.5 Å². The Labute approximate surface area is 536 Å². The zero-order valence-corrected chi connectivity index (χ0v) is 53.4. The molecule has 16 heteroatoms.